The normalized spacial score (nSPS) is 29.9. The quantitative estimate of drug-likeness (QED) is 0.320. The van der Waals surface area contributed by atoms with Crippen LogP contribution in [-0.2, 0) is 19.1 Å². The van der Waals surface area contributed by atoms with E-state index in [0.717, 1.165) is 32.1 Å². The fraction of sp³-hybridized carbons (Fsp3) is 0.639. The third-order valence-corrected chi connectivity index (χ3v) is 10.7. The molecule has 6 atom stereocenters. The van der Waals surface area contributed by atoms with E-state index in [1.165, 1.54) is 0 Å². The van der Waals surface area contributed by atoms with Crippen molar-refractivity contribution in [2.24, 2.45) is 17.8 Å². The van der Waals surface area contributed by atoms with Crippen molar-refractivity contribution >= 4 is 23.4 Å². The molecule has 1 aromatic carbocycles. The van der Waals surface area contributed by atoms with Gasteiger partial charge in [0.25, 0.3) is 0 Å². The smallest absolute Gasteiger partial charge is 0.248 e. The Kier molecular flexibility index (Phi) is 9.80. The minimum Gasteiger partial charge on any atom is -0.494 e. The molecule has 45 heavy (non-hydrogen) atoms. The first kappa shape index (κ1) is 33.2. The molecule has 0 radical (unpaired) electrons. The van der Waals surface area contributed by atoms with Gasteiger partial charge in [0, 0.05) is 24.8 Å². The molecule has 3 aliphatic heterocycles. The van der Waals surface area contributed by atoms with Crippen molar-refractivity contribution in [3.63, 3.8) is 0 Å². The summed E-state index contributed by atoms with van der Waals surface area (Å²) in [6.07, 6.45) is 9.52. The summed E-state index contributed by atoms with van der Waals surface area (Å²) in [6, 6.07) is 5.86. The summed E-state index contributed by atoms with van der Waals surface area (Å²) in [4.78, 5) is 49.5. The van der Waals surface area contributed by atoms with Gasteiger partial charge in [0.2, 0.25) is 17.7 Å². The van der Waals surface area contributed by atoms with E-state index in [-0.39, 0.29) is 42.8 Å². The highest BCUT2D eigenvalue weighted by molar-refractivity contribution is 6.03. The lowest BCUT2D eigenvalue weighted by Gasteiger charge is -2.43. The topological polar surface area (TPSA) is 99.6 Å². The van der Waals surface area contributed by atoms with Gasteiger partial charge in [-0.1, -0.05) is 45.3 Å². The minimum absolute atomic E-state index is 0.0534. The predicted octanol–water partition coefficient (Wildman–Crippen LogP) is 4.73. The molecule has 9 heteroatoms. The minimum atomic E-state index is -1.17. The Labute approximate surface area is 268 Å². The monoisotopic (exact) mass is 621 g/mol. The number of ether oxygens (including phenoxy) is 2. The van der Waals surface area contributed by atoms with Gasteiger partial charge >= 0.3 is 0 Å². The van der Waals surface area contributed by atoms with Gasteiger partial charge in [-0.05, 0) is 69.7 Å². The Bertz CT molecular complexity index is 1280. The van der Waals surface area contributed by atoms with Crippen LogP contribution in [0.2, 0.25) is 0 Å². The van der Waals surface area contributed by atoms with Crippen molar-refractivity contribution in [2.75, 3.05) is 31.2 Å². The molecule has 3 saturated heterocycles. The van der Waals surface area contributed by atoms with Crippen LogP contribution in [0, 0.1) is 17.8 Å². The molecule has 1 aromatic rings. The predicted molar refractivity (Wildman–Crippen MR) is 174 cm³/mol. The summed E-state index contributed by atoms with van der Waals surface area (Å²) < 4.78 is 12.5. The number of nitrogens with zero attached hydrogens (tertiary/aromatic N) is 3. The molecular formula is C36H51N3O6. The first-order chi connectivity index (χ1) is 21.6. The molecular weight excluding hydrogens is 570 g/mol. The van der Waals surface area contributed by atoms with Gasteiger partial charge in [0.05, 0.1) is 36.7 Å². The molecule has 4 fully saturated rings. The van der Waals surface area contributed by atoms with E-state index in [2.05, 4.69) is 13.2 Å². The van der Waals surface area contributed by atoms with Crippen LogP contribution in [0.4, 0.5) is 5.69 Å². The van der Waals surface area contributed by atoms with Crippen LogP contribution in [0.15, 0.2) is 49.6 Å². The summed E-state index contributed by atoms with van der Waals surface area (Å²) in [5, 5.41) is 10.6. The van der Waals surface area contributed by atoms with Crippen LogP contribution in [0.25, 0.3) is 0 Å². The highest BCUT2D eigenvalue weighted by Gasteiger charge is 2.79. The highest BCUT2D eigenvalue weighted by Crippen LogP contribution is 2.64. The van der Waals surface area contributed by atoms with Crippen molar-refractivity contribution in [3.05, 3.63) is 49.6 Å². The number of carbonyl (C=O) groups is 3. The van der Waals surface area contributed by atoms with Crippen molar-refractivity contribution in [1.29, 1.82) is 0 Å². The van der Waals surface area contributed by atoms with E-state index in [0.29, 0.717) is 37.4 Å². The number of carbonyl (C=O) groups excluding carboxylic acids is 3. The zero-order chi connectivity index (χ0) is 32.5. The SMILES string of the molecule is C=CCN(C(=O)[C@H]1[C@H]2C(=O)N([C@@H](CO)C(C)C)C(C(=O)N(CC=C)C3CCCCC3)C23CC[C@]1(C)O3)c1ccc(OCC)cc1. The second-order valence-corrected chi connectivity index (χ2v) is 13.7. The highest BCUT2D eigenvalue weighted by atomic mass is 16.5. The van der Waals surface area contributed by atoms with E-state index in [1.807, 2.05) is 56.9 Å². The summed E-state index contributed by atoms with van der Waals surface area (Å²) >= 11 is 0. The molecule has 2 bridgehead atoms. The van der Waals surface area contributed by atoms with Gasteiger partial charge < -0.3 is 29.3 Å². The number of likely N-dealkylation sites (tertiary alicyclic amines) is 1. The van der Waals surface area contributed by atoms with Crippen molar-refractivity contribution in [1.82, 2.24) is 9.80 Å². The molecule has 9 nitrogen and oxygen atoms in total. The van der Waals surface area contributed by atoms with E-state index >= 15 is 0 Å². The molecule has 1 saturated carbocycles. The summed E-state index contributed by atoms with van der Waals surface area (Å²) in [5.41, 5.74) is -1.42. The van der Waals surface area contributed by atoms with Crippen LogP contribution < -0.4 is 9.64 Å². The Morgan fingerprint density at radius 1 is 1.09 bits per heavy atom. The lowest BCUT2D eigenvalue weighted by atomic mass is 9.66. The molecule has 3 heterocycles. The number of aliphatic hydroxyl groups is 1. The Morgan fingerprint density at radius 3 is 2.33 bits per heavy atom. The Balaban J connectivity index is 1.58. The average molecular weight is 622 g/mol. The van der Waals surface area contributed by atoms with Crippen molar-refractivity contribution in [2.45, 2.75) is 102 Å². The zero-order valence-corrected chi connectivity index (χ0v) is 27.5. The fourth-order valence-electron chi connectivity index (χ4n) is 8.61. The lowest BCUT2D eigenvalue weighted by molar-refractivity contribution is -0.157. The van der Waals surface area contributed by atoms with Gasteiger partial charge in [-0.25, -0.2) is 0 Å². The van der Waals surface area contributed by atoms with Gasteiger partial charge in [0.15, 0.2) is 0 Å². The average Bonchev–Trinajstić information content (AvgIpc) is 3.60. The van der Waals surface area contributed by atoms with Gasteiger partial charge in [0.1, 0.15) is 17.4 Å². The largest absolute Gasteiger partial charge is 0.494 e. The van der Waals surface area contributed by atoms with E-state index in [4.69, 9.17) is 9.47 Å². The summed E-state index contributed by atoms with van der Waals surface area (Å²) in [6.45, 7) is 16.4. The number of hydrogen-bond acceptors (Lipinski definition) is 6. The molecule has 0 aromatic heterocycles. The molecule has 3 amide bonds. The van der Waals surface area contributed by atoms with Gasteiger partial charge in [-0.2, -0.15) is 0 Å². The van der Waals surface area contributed by atoms with Gasteiger partial charge in [-0.15, -0.1) is 13.2 Å². The van der Waals surface area contributed by atoms with E-state index in [1.54, 1.807) is 22.0 Å². The first-order valence-electron chi connectivity index (χ1n) is 16.8. The molecule has 1 N–H and O–H groups in total. The maximum Gasteiger partial charge on any atom is 0.248 e. The van der Waals surface area contributed by atoms with Crippen LogP contribution >= 0.6 is 0 Å². The second-order valence-electron chi connectivity index (χ2n) is 13.7. The van der Waals surface area contributed by atoms with Crippen molar-refractivity contribution < 1.29 is 29.0 Å². The number of anilines is 1. The molecule has 1 spiro atoms. The third-order valence-electron chi connectivity index (χ3n) is 10.7. The number of hydrogen-bond donors (Lipinski definition) is 1. The van der Waals surface area contributed by atoms with Crippen LogP contribution in [0.5, 0.6) is 5.75 Å². The maximum atomic E-state index is 14.9. The number of aliphatic hydroxyl groups excluding tert-OH is 1. The van der Waals surface area contributed by atoms with E-state index in [9.17, 15) is 19.5 Å². The molecule has 5 rings (SSSR count). The van der Waals surface area contributed by atoms with Gasteiger partial charge in [-0.3, -0.25) is 14.4 Å². The number of benzene rings is 1. The summed E-state index contributed by atoms with van der Waals surface area (Å²) in [5.74, 6) is -1.74. The molecule has 4 aliphatic rings. The molecule has 246 valence electrons. The third kappa shape index (κ3) is 5.60. The number of fused-ring (bicyclic) bond motifs is 1. The van der Waals surface area contributed by atoms with Crippen LogP contribution in [-0.4, -0.2) is 88.3 Å². The summed E-state index contributed by atoms with van der Waals surface area (Å²) in [7, 11) is 0. The molecule has 1 aliphatic carbocycles. The van der Waals surface area contributed by atoms with Crippen LogP contribution in [0.3, 0.4) is 0 Å². The lowest BCUT2D eigenvalue weighted by Crippen LogP contribution is -2.61. The number of amides is 3. The van der Waals surface area contributed by atoms with Crippen LogP contribution in [0.1, 0.15) is 72.6 Å². The Morgan fingerprint density at radius 2 is 1.76 bits per heavy atom. The van der Waals surface area contributed by atoms with Crippen molar-refractivity contribution in [3.8, 4) is 5.75 Å². The number of rotatable bonds is 13. The maximum absolute atomic E-state index is 14.9. The Hall–Kier alpha value is -3.17. The standard InChI is InChI=1S/C36H51N3O6/c1-7-21-37(26-15-17-27(18-16-26)44-9-3)32(41)29-30-33(42)39(28(23-40)24(4)5)31(36(30)20-19-35(29,6)45-36)34(43)38(22-8-2)25-13-11-10-12-14-25/h7-8,15-18,24-25,28-31,40H,1-2,9-14,19-23H2,3-6H3/t28-,29+,30-,31?,35-,36?/m0/s1. The van der Waals surface area contributed by atoms with E-state index < -0.39 is 35.1 Å². The fourth-order valence-corrected chi connectivity index (χ4v) is 8.61. The first-order valence-corrected chi connectivity index (χ1v) is 16.8. The zero-order valence-electron chi connectivity index (χ0n) is 27.5. The second kappa shape index (κ2) is 13.3. The molecule has 2 unspecified atom stereocenters.